The fourth-order valence-electron chi connectivity index (χ4n) is 4.52. The van der Waals surface area contributed by atoms with E-state index in [0.29, 0.717) is 43.6 Å². The van der Waals surface area contributed by atoms with Gasteiger partial charge in [-0.2, -0.15) is 5.10 Å². The number of piperidine rings is 1. The first-order chi connectivity index (χ1) is 15.9. The molecule has 33 heavy (non-hydrogen) atoms. The Kier molecular flexibility index (Phi) is 6.82. The minimum atomic E-state index is -1.08. The number of amides is 1. The molecule has 1 unspecified atom stereocenters. The first-order valence-corrected chi connectivity index (χ1v) is 11.4. The van der Waals surface area contributed by atoms with Crippen molar-refractivity contribution < 1.29 is 15.0 Å². The molecule has 174 valence electrons. The lowest BCUT2D eigenvalue weighted by atomic mass is 9.89. The van der Waals surface area contributed by atoms with E-state index >= 15 is 0 Å². The maximum Gasteiger partial charge on any atom is 0.277 e. The Balaban J connectivity index is 1.38. The summed E-state index contributed by atoms with van der Waals surface area (Å²) in [6.07, 6.45) is 11.2. The minimum Gasteiger partial charge on any atom is -0.388 e. The van der Waals surface area contributed by atoms with Gasteiger partial charge >= 0.3 is 0 Å². The Morgan fingerprint density at radius 3 is 2.76 bits per heavy atom. The van der Waals surface area contributed by atoms with Crippen LogP contribution in [0.3, 0.4) is 0 Å². The van der Waals surface area contributed by atoms with Crippen molar-refractivity contribution in [2.75, 3.05) is 19.7 Å². The van der Waals surface area contributed by atoms with Crippen LogP contribution in [0.2, 0.25) is 0 Å². The number of aliphatic hydroxyl groups is 2. The number of fused-ring (bicyclic) bond motifs is 1. The van der Waals surface area contributed by atoms with E-state index in [4.69, 9.17) is 5.11 Å². The lowest BCUT2D eigenvalue weighted by Crippen LogP contribution is -2.50. The number of likely N-dealkylation sites (tertiary alicyclic amines) is 1. The molecule has 0 bridgehead atoms. The smallest absolute Gasteiger partial charge is 0.277 e. The lowest BCUT2D eigenvalue weighted by Gasteiger charge is -2.38. The summed E-state index contributed by atoms with van der Waals surface area (Å²) >= 11 is 0. The Hall–Kier alpha value is -3.15. The third-order valence-corrected chi connectivity index (χ3v) is 6.52. The number of aromatic nitrogens is 3. The first-order valence-electron chi connectivity index (χ1n) is 11.4. The van der Waals surface area contributed by atoms with Crippen molar-refractivity contribution in [1.29, 1.82) is 0 Å². The van der Waals surface area contributed by atoms with Gasteiger partial charge in [0.1, 0.15) is 24.1 Å². The van der Waals surface area contributed by atoms with Gasteiger partial charge in [-0.3, -0.25) is 14.2 Å². The summed E-state index contributed by atoms with van der Waals surface area (Å²) in [5, 5.41) is 24.3. The molecule has 0 spiro atoms. The Morgan fingerprint density at radius 2 is 2.06 bits per heavy atom. The van der Waals surface area contributed by atoms with Crippen molar-refractivity contribution in [3.8, 4) is 11.8 Å². The third kappa shape index (κ3) is 5.10. The molecule has 2 aliphatic rings. The SMILES string of the molecule is CC(CC(=O)N1CCC(O)(Cn2cnn3c(C#CCO)ccc3c2=O)CC1)C1=CCCC=C1. The fraction of sp³-hybridized carbons (Fsp3) is 0.480. The van der Waals surface area contributed by atoms with Gasteiger partial charge in [0.25, 0.3) is 5.56 Å². The summed E-state index contributed by atoms with van der Waals surface area (Å²) in [6.45, 7) is 2.86. The number of aliphatic hydroxyl groups excluding tert-OH is 1. The van der Waals surface area contributed by atoms with E-state index < -0.39 is 5.60 Å². The second-order valence-electron chi connectivity index (χ2n) is 8.93. The zero-order valence-electron chi connectivity index (χ0n) is 18.9. The number of allylic oxidation sites excluding steroid dienone is 4. The Bertz CT molecular complexity index is 1200. The van der Waals surface area contributed by atoms with Crippen LogP contribution in [0.4, 0.5) is 0 Å². The second-order valence-corrected chi connectivity index (χ2v) is 8.93. The Morgan fingerprint density at radius 1 is 1.27 bits per heavy atom. The molecule has 4 rings (SSSR count). The largest absolute Gasteiger partial charge is 0.388 e. The van der Waals surface area contributed by atoms with Crippen molar-refractivity contribution in [1.82, 2.24) is 19.1 Å². The lowest BCUT2D eigenvalue weighted by molar-refractivity contribution is -0.136. The van der Waals surface area contributed by atoms with Gasteiger partial charge in [0, 0.05) is 19.5 Å². The molecule has 2 aromatic heterocycles. The molecule has 8 nitrogen and oxygen atoms in total. The Labute approximate surface area is 192 Å². The molecule has 2 aromatic rings. The molecular weight excluding hydrogens is 420 g/mol. The van der Waals surface area contributed by atoms with E-state index in [1.54, 1.807) is 12.1 Å². The molecule has 1 amide bonds. The molecular formula is C25H30N4O4. The molecule has 0 saturated carbocycles. The first kappa shape index (κ1) is 23.0. The highest BCUT2D eigenvalue weighted by Gasteiger charge is 2.35. The van der Waals surface area contributed by atoms with Gasteiger partial charge in [-0.25, -0.2) is 4.52 Å². The van der Waals surface area contributed by atoms with Crippen molar-refractivity contribution in [2.45, 2.75) is 51.2 Å². The van der Waals surface area contributed by atoms with Crippen LogP contribution in [0.15, 0.2) is 47.1 Å². The maximum absolute atomic E-state index is 12.9. The van der Waals surface area contributed by atoms with Gasteiger partial charge in [-0.15, -0.1) is 0 Å². The van der Waals surface area contributed by atoms with E-state index in [0.717, 1.165) is 12.8 Å². The van der Waals surface area contributed by atoms with Gasteiger partial charge in [-0.05, 0) is 55.2 Å². The summed E-state index contributed by atoms with van der Waals surface area (Å²) in [5.74, 6) is 5.60. The van der Waals surface area contributed by atoms with Crippen LogP contribution in [0.25, 0.3) is 5.52 Å². The van der Waals surface area contributed by atoms with Gasteiger partial charge in [-0.1, -0.05) is 31.1 Å². The highest BCUT2D eigenvalue weighted by Crippen LogP contribution is 2.26. The van der Waals surface area contributed by atoms with Crippen LogP contribution in [0, 0.1) is 17.8 Å². The summed E-state index contributed by atoms with van der Waals surface area (Å²) in [4.78, 5) is 27.5. The molecule has 1 saturated heterocycles. The van der Waals surface area contributed by atoms with Crippen LogP contribution in [-0.4, -0.2) is 60.5 Å². The quantitative estimate of drug-likeness (QED) is 0.673. The van der Waals surface area contributed by atoms with Crippen molar-refractivity contribution in [3.63, 3.8) is 0 Å². The molecule has 0 radical (unpaired) electrons. The predicted octanol–water partition coefficient (Wildman–Crippen LogP) is 1.50. The zero-order chi connectivity index (χ0) is 23.4. The fourth-order valence-corrected chi connectivity index (χ4v) is 4.52. The van der Waals surface area contributed by atoms with E-state index in [1.807, 2.05) is 4.90 Å². The second kappa shape index (κ2) is 9.77. The molecule has 8 heteroatoms. The molecule has 0 aromatic carbocycles. The standard InChI is InChI=1S/C25H30N4O4/c1-19(20-6-3-2-4-7-20)16-23(31)27-13-11-25(33,12-14-27)17-28-18-26-29-21(8-5-15-30)9-10-22(29)24(28)32/h3,6-7,9-10,18-19,30,33H,2,4,11-17H2,1H3. The highest BCUT2D eigenvalue weighted by molar-refractivity contribution is 5.77. The third-order valence-electron chi connectivity index (χ3n) is 6.52. The number of carbonyl (C=O) groups is 1. The molecule has 1 atom stereocenters. The van der Waals surface area contributed by atoms with E-state index in [2.05, 4.69) is 42.1 Å². The summed E-state index contributed by atoms with van der Waals surface area (Å²) < 4.78 is 2.85. The monoisotopic (exact) mass is 450 g/mol. The summed E-state index contributed by atoms with van der Waals surface area (Å²) in [5.41, 5.74) is 0.754. The van der Waals surface area contributed by atoms with Crippen LogP contribution < -0.4 is 5.56 Å². The molecule has 1 aliphatic heterocycles. The van der Waals surface area contributed by atoms with Crippen LogP contribution >= 0.6 is 0 Å². The van der Waals surface area contributed by atoms with E-state index in [9.17, 15) is 14.7 Å². The van der Waals surface area contributed by atoms with Crippen LogP contribution in [0.1, 0.15) is 44.7 Å². The van der Waals surface area contributed by atoms with Crippen molar-refractivity contribution >= 4 is 11.4 Å². The normalized spacial score (nSPS) is 18.5. The number of nitrogens with zero attached hydrogens (tertiary/aromatic N) is 4. The maximum atomic E-state index is 12.9. The van der Waals surface area contributed by atoms with E-state index in [1.165, 1.54) is 21.0 Å². The molecule has 1 aliphatic carbocycles. The number of hydrogen-bond donors (Lipinski definition) is 2. The highest BCUT2D eigenvalue weighted by atomic mass is 16.3. The average Bonchev–Trinajstić information content (AvgIpc) is 3.24. The molecule has 3 heterocycles. The summed E-state index contributed by atoms with van der Waals surface area (Å²) in [6, 6.07) is 3.31. The van der Waals surface area contributed by atoms with Crippen molar-refractivity contribution in [2.24, 2.45) is 5.92 Å². The van der Waals surface area contributed by atoms with Crippen LogP contribution in [-0.2, 0) is 11.3 Å². The van der Waals surface area contributed by atoms with Gasteiger partial charge in [0.05, 0.1) is 12.1 Å². The van der Waals surface area contributed by atoms with Crippen molar-refractivity contribution in [3.05, 3.63) is 58.3 Å². The van der Waals surface area contributed by atoms with E-state index in [-0.39, 0.29) is 30.5 Å². The minimum absolute atomic E-state index is 0.106. The zero-order valence-corrected chi connectivity index (χ0v) is 18.9. The average molecular weight is 451 g/mol. The van der Waals surface area contributed by atoms with Gasteiger partial charge in [0.15, 0.2) is 0 Å². The number of hydrogen-bond acceptors (Lipinski definition) is 5. The predicted molar refractivity (Wildman–Crippen MR) is 124 cm³/mol. The topological polar surface area (TPSA) is 100 Å². The molecule has 2 N–H and O–H groups in total. The van der Waals surface area contributed by atoms with Crippen LogP contribution in [0.5, 0.6) is 0 Å². The number of rotatable bonds is 5. The molecule has 1 fully saturated rings. The van der Waals surface area contributed by atoms with Gasteiger partial charge < -0.3 is 15.1 Å². The number of carbonyl (C=O) groups excluding carboxylic acids is 1. The summed E-state index contributed by atoms with van der Waals surface area (Å²) in [7, 11) is 0. The van der Waals surface area contributed by atoms with Gasteiger partial charge in [0.2, 0.25) is 5.91 Å².